The molecular formula is C19H23N5OS. The highest BCUT2D eigenvalue weighted by molar-refractivity contribution is 8.00. The zero-order chi connectivity index (χ0) is 18.3. The van der Waals surface area contributed by atoms with Gasteiger partial charge in [0.05, 0.1) is 6.04 Å². The molecule has 136 valence electrons. The maximum atomic E-state index is 13.1. The summed E-state index contributed by atoms with van der Waals surface area (Å²) in [6.07, 6.45) is 5.55. The lowest BCUT2D eigenvalue weighted by Gasteiger charge is -2.26. The van der Waals surface area contributed by atoms with Crippen LogP contribution >= 0.6 is 11.8 Å². The molecule has 1 aliphatic heterocycles. The molecule has 3 aromatic heterocycles. The van der Waals surface area contributed by atoms with Crippen LogP contribution in [0.25, 0.3) is 17.0 Å². The Morgan fingerprint density at radius 3 is 2.88 bits per heavy atom. The lowest BCUT2D eigenvalue weighted by molar-refractivity contribution is 0.516. The maximum absolute atomic E-state index is 13.1. The summed E-state index contributed by atoms with van der Waals surface area (Å²) in [4.78, 5) is 22.4. The van der Waals surface area contributed by atoms with Gasteiger partial charge < -0.3 is 0 Å². The SMILES string of the molecule is CCCC(C)c1nc(-c2cnc3c(C)cccn3c2=O)n(C2CSC2)n1. The van der Waals surface area contributed by atoms with Gasteiger partial charge in [-0.3, -0.25) is 9.20 Å². The molecular weight excluding hydrogens is 346 g/mol. The first-order valence-corrected chi connectivity index (χ1v) is 10.3. The normalized spacial score (nSPS) is 16.0. The van der Waals surface area contributed by atoms with E-state index in [2.05, 4.69) is 18.8 Å². The predicted octanol–water partition coefficient (Wildman–Crippen LogP) is 3.45. The van der Waals surface area contributed by atoms with Crippen LogP contribution in [0.2, 0.25) is 0 Å². The molecule has 1 unspecified atom stereocenters. The largest absolute Gasteiger partial charge is 0.268 e. The number of hydrogen-bond acceptors (Lipinski definition) is 5. The number of aryl methyl sites for hydroxylation is 1. The predicted molar refractivity (Wildman–Crippen MR) is 105 cm³/mol. The van der Waals surface area contributed by atoms with Crippen molar-refractivity contribution < 1.29 is 0 Å². The molecule has 0 aromatic carbocycles. The van der Waals surface area contributed by atoms with Gasteiger partial charge in [0.2, 0.25) is 0 Å². The third kappa shape index (κ3) is 2.84. The number of pyridine rings is 1. The van der Waals surface area contributed by atoms with Gasteiger partial charge in [0.15, 0.2) is 11.6 Å². The Morgan fingerprint density at radius 2 is 2.19 bits per heavy atom. The van der Waals surface area contributed by atoms with Gasteiger partial charge in [-0.25, -0.2) is 14.6 Å². The third-order valence-corrected chi connectivity index (χ3v) is 6.19. The van der Waals surface area contributed by atoms with E-state index in [4.69, 9.17) is 10.1 Å². The van der Waals surface area contributed by atoms with Crippen molar-refractivity contribution in [1.29, 1.82) is 0 Å². The number of thioether (sulfide) groups is 1. The molecule has 0 radical (unpaired) electrons. The first kappa shape index (κ1) is 17.3. The number of fused-ring (bicyclic) bond motifs is 1. The molecule has 0 aliphatic carbocycles. The topological polar surface area (TPSA) is 65.1 Å². The number of aromatic nitrogens is 5. The van der Waals surface area contributed by atoms with Gasteiger partial charge in [-0.1, -0.05) is 26.3 Å². The Labute approximate surface area is 156 Å². The molecule has 0 bridgehead atoms. The minimum Gasteiger partial charge on any atom is -0.268 e. The van der Waals surface area contributed by atoms with Gasteiger partial charge in [0.1, 0.15) is 11.2 Å². The van der Waals surface area contributed by atoms with Crippen LogP contribution in [0.1, 0.15) is 50.0 Å². The van der Waals surface area contributed by atoms with Gasteiger partial charge in [-0.15, -0.1) is 0 Å². The van der Waals surface area contributed by atoms with Crippen molar-refractivity contribution in [2.24, 2.45) is 0 Å². The highest BCUT2D eigenvalue weighted by atomic mass is 32.2. The monoisotopic (exact) mass is 369 g/mol. The summed E-state index contributed by atoms with van der Waals surface area (Å²) >= 11 is 1.89. The molecule has 4 heterocycles. The average Bonchev–Trinajstić information content (AvgIpc) is 2.99. The van der Waals surface area contributed by atoms with E-state index in [0.29, 0.717) is 23.1 Å². The summed E-state index contributed by atoms with van der Waals surface area (Å²) in [5.41, 5.74) is 2.10. The van der Waals surface area contributed by atoms with Crippen LogP contribution in [-0.2, 0) is 0 Å². The lowest BCUT2D eigenvalue weighted by atomic mass is 10.1. The van der Waals surface area contributed by atoms with E-state index >= 15 is 0 Å². The van der Waals surface area contributed by atoms with Crippen molar-refractivity contribution in [3.05, 3.63) is 46.3 Å². The van der Waals surface area contributed by atoms with Crippen molar-refractivity contribution in [2.45, 2.75) is 45.6 Å². The second kappa shape index (κ2) is 6.87. The van der Waals surface area contributed by atoms with Crippen LogP contribution in [0.15, 0.2) is 29.3 Å². The Hall–Kier alpha value is -2.15. The highest BCUT2D eigenvalue weighted by Crippen LogP contribution is 2.33. The fourth-order valence-electron chi connectivity index (χ4n) is 3.31. The minimum atomic E-state index is -0.0889. The molecule has 1 saturated heterocycles. The third-order valence-electron chi connectivity index (χ3n) is 4.94. The molecule has 6 nitrogen and oxygen atoms in total. The number of nitrogens with zero attached hydrogens (tertiary/aromatic N) is 5. The van der Waals surface area contributed by atoms with E-state index in [-0.39, 0.29) is 11.5 Å². The summed E-state index contributed by atoms with van der Waals surface area (Å²) in [7, 11) is 0. The van der Waals surface area contributed by atoms with Crippen LogP contribution in [0.3, 0.4) is 0 Å². The van der Waals surface area contributed by atoms with Crippen molar-refractivity contribution in [3.8, 4) is 11.4 Å². The molecule has 0 amide bonds. The van der Waals surface area contributed by atoms with E-state index in [9.17, 15) is 4.79 Å². The Kier molecular flexibility index (Phi) is 4.56. The molecule has 1 aliphatic rings. The van der Waals surface area contributed by atoms with E-state index in [0.717, 1.165) is 35.7 Å². The molecule has 26 heavy (non-hydrogen) atoms. The zero-order valence-corrected chi connectivity index (χ0v) is 16.2. The van der Waals surface area contributed by atoms with Crippen molar-refractivity contribution in [3.63, 3.8) is 0 Å². The molecule has 3 aromatic rings. The fourth-order valence-corrected chi connectivity index (χ4v) is 4.04. The summed E-state index contributed by atoms with van der Waals surface area (Å²) in [6, 6.07) is 4.14. The zero-order valence-electron chi connectivity index (χ0n) is 15.3. The summed E-state index contributed by atoms with van der Waals surface area (Å²) < 4.78 is 3.56. The summed E-state index contributed by atoms with van der Waals surface area (Å²) in [5, 5.41) is 4.78. The van der Waals surface area contributed by atoms with Crippen LogP contribution in [0.4, 0.5) is 0 Å². The molecule has 1 fully saturated rings. The van der Waals surface area contributed by atoms with Gasteiger partial charge in [-0.2, -0.15) is 16.9 Å². The van der Waals surface area contributed by atoms with Crippen LogP contribution in [0, 0.1) is 6.92 Å². The smallest absolute Gasteiger partial charge is 0.268 e. The van der Waals surface area contributed by atoms with Crippen molar-refractivity contribution in [2.75, 3.05) is 11.5 Å². The summed E-state index contributed by atoms with van der Waals surface area (Å²) in [6.45, 7) is 6.27. The minimum absolute atomic E-state index is 0.0889. The molecule has 0 N–H and O–H groups in total. The number of hydrogen-bond donors (Lipinski definition) is 0. The molecule has 7 heteroatoms. The van der Waals surface area contributed by atoms with Crippen molar-refractivity contribution >= 4 is 17.4 Å². The second-order valence-corrected chi connectivity index (χ2v) is 8.06. The average molecular weight is 369 g/mol. The molecule has 0 saturated carbocycles. The molecule has 1 atom stereocenters. The number of rotatable bonds is 5. The van der Waals surface area contributed by atoms with E-state index in [1.165, 1.54) is 0 Å². The van der Waals surface area contributed by atoms with E-state index < -0.39 is 0 Å². The highest BCUT2D eigenvalue weighted by Gasteiger charge is 2.28. The van der Waals surface area contributed by atoms with Crippen LogP contribution < -0.4 is 5.56 Å². The Morgan fingerprint density at radius 1 is 1.38 bits per heavy atom. The summed E-state index contributed by atoms with van der Waals surface area (Å²) in [5.74, 6) is 3.79. The van der Waals surface area contributed by atoms with Gasteiger partial charge in [0.25, 0.3) is 5.56 Å². The Bertz CT molecular complexity index is 1000. The molecule has 0 spiro atoms. The standard InChI is InChI=1S/C19H23N5OS/c1-4-6-12(2)16-21-18(24(22-16)14-10-26-11-14)15-9-20-17-13(3)7-5-8-23(17)19(15)25/h5,7-9,12,14H,4,6,10-11H2,1-3H3. The molecule has 4 rings (SSSR count). The lowest BCUT2D eigenvalue weighted by Crippen LogP contribution is -2.26. The van der Waals surface area contributed by atoms with Gasteiger partial charge in [-0.05, 0) is 25.0 Å². The van der Waals surface area contributed by atoms with Crippen LogP contribution in [-0.4, -0.2) is 35.7 Å². The maximum Gasteiger partial charge on any atom is 0.268 e. The van der Waals surface area contributed by atoms with Gasteiger partial charge >= 0.3 is 0 Å². The van der Waals surface area contributed by atoms with Crippen LogP contribution in [0.5, 0.6) is 0 Å². The quantitative estimate of drug-likeness (QED) is 0.689. The fraction of sp³-hybridized carbons (Fsp3) is 0.474. The second-order valence-electron chi connectivity index (χ2n) is 6.98. The Balaban J connectivity index is 1.88. The first-order chi connectivity index (χ1) is 12.6. The van der Waals surface area contributed by atoms with E-state index in [1.807, 2.05) is 35.5 Å². The van der Waals surface area contributed by atoms with Crippen molar-refractivity contribution in [1.82, 2.24) is 24.1 Å². The first-order valence-electron chi connectivity index (χ1n) is 9.11. The van der Waals surface area contributed by atoms with E-state index in [1.54, 1.807) is 16.8 Å². The van der Waals surface area contributed by atoms with Gasteiger partial charge in [0, 0.05) is 29.8 Å².